The maximum absolute atomic E-state index is 3.85. The summed E-state index contributed by atoms with van der Waals surface area (Å²) in [6.07, 6.45) is 5.02. The Morgan fingerprint density at radius 2 is 2.15 bits per heavy atom. The molecule has 1 unspecified atom stereocenters. The van der Waals surface area contributed by atoms with Crippen LogP contribution < -0.4 is 0 Å². The zero-order valence-corrected chi connectivity index (χ0v) is 9.16. The molecule has 0 aliphatic carbocycles. The Kier molecular flexibility index (Phi) is 3.49. The zero-order chi connectivity index (χ0) is 9.84. The molecule has 0 radical (unpaired) electrons. The van der Waals surface area contributed by atoms with E-state index in [1.54, 1.807) is 11.3 Å². The molecule has 1 heteroatoms. The van der Waals surface area contributed by atoms with Crippen LogP contribution in [0.1, 0.15) is 42.2 Å². The summed E-state index contributed by atoms with van der Waals surface area (Å²) in [5.74, 6) is 0.623. The summed E-state index contributed by atoms with van der Waals surface area (Å²) in [7, 11) is 0. The summed E-state index contributed by atoms with van der Waals surface area (Å²) >= 11 is 1.76. The van der Waals surface area contributed by atoms with Crippen molar-refractivity contribution in [1.29, 1.82) is 0 Å². The molecule has 0 N–H and O–H groups in total. The fraction of sp³-hybridized carbons (Fsp3) is 0.333. The minimum atomic E-state index is 0.623. The van der Waals surface area contributed by atoms with Crippen molar-refractivity contribution in [2.24, 2.45) is 0 Å². The maximum atomic E-state index is 3.85. The lowest BCUT2D eigenvalue weighted by molar-refractivity contribution is 0.735. The van der Waals surface area contributed by atoms with Crippen molar-refractivity contribution in [3.8, 4) is 0 Å². The standard InChI is InChI=1S/C12H16S/c1-5-9(4)11-8-13-12(7-3)10(11)6-2/h6-9H,2-3,5H2,1,4H3. The van der Waals surface area contributed by atoms with Crippen molar-refractivity contribution in [3.63, 3.8) is 0 Å². The second kappa shape index (κ2) is 4.43. The molecule has 0 aliphatic rings. The third-order valence-corrected chi connectivity index (χ3v) is 3.43. The third kappa shape index (κ3) is 1.92. The van der Waals surface area contributed by atoms with Gasteiger partial charge in [-0.15, -0.1) is 11.3 Å². The lowest BCUT2D eigenvalue weighted by Crippen LogP contribution is -1.91. The fourth-order valence-electron chi connectivity index (χ4n) is 1.37. The van der Waals surface area contributed by atoms with Crippen molar-refractivity contribution >= 4 is 23.5 Å². The predicted octanol–water partition coefficient (Wildman–Crippen LogP) is 4.55. The van der Waals surface area contributed by atoms with E-state index in [1.165, 1.54) is 22.4 Å². The van der Waals surface area contributed by atoms with Crippen molar-refractivity contribution < 1.29 is 0 Å². The van der Waals surface area contributed by atoms with Crippen LogP contribution in [0.15, 0.2) is 18.5 Å². The molecule has 0 saturated heterocycles. The molecule has 1 rings (SSSR count). The minimum absolute atomic E-state index is 0.623. The predicted molar refractivity (Wildman–Crippen MR) is 63.2 cm³/mol. The van der Waals surface area contributed by atoms with Gasteiger partial charge in [-0.25, -0.2) is 0 Å². The van der Waals surface area contributed by atoms with Gasteiger partial charge in [0.2, 0.25) is 0 Å². The average Bonchev–Trinajstić information content (AvgIpc) is 2.58. The van der Waals surface area contributed by atoms with Gasteiger partial charge in [0.1, 0.15) is 0 Å². The maximum Gasteiger partial charge on any atom is 0.0339 e. The van der Waals surface area contributed by atoms with Gasteiger partial charge in [-0.1, -0.05) is 39.2 Å². The van der Waals surface area contributed by atoms with Crippen LogP contribution in [-0.2, 0) is 0 Å². The number of thiophene rings is 1. The minimum Gasteiger partial charge on any atom is -0.144 e. The van der Waals surface area contributed by atoms with E-state index in [0.29, 0.717) is 5.92 Å². The molecule has 1 aromatic heterocycles. The van der Waals surface area contributed by atoms with Crippen LogP contribution in [0.3, 0.4) is 0 Å². The van der Waals surface area contributed by atoms with Gasteiger partial charge in [0.05, 0.1) is 0 Å². The zero-order valence-electron chi connectivity index (χ0n) is 8.34. The number of hydrogen-bond donors (Lipinski definition) is 0. The molecule has 13 heavy (non-hydrogen) atoms. The highest BCUT2D eigenvalue weighted by Crippen LogP contribution is 2.31. The molecule has 0 bridgehead atoms. The first-order chi connectivity index (χ1) is 6.24. The first-order valence-corrected chi connectivity index (χ1v) is 5.48. The van der Waals surface area contributed by atoms with Gasteiger partial charge in [-0.3, -0.25) is 0 Å². The summed E-state index contributed by atoms with van der Waals surface area (Å²) in [5, 5.41) is 2.22. The van der Waals surface area contributed by atoms with Crippen molar-refractivity contribution in [2.75, 3.05) is 0 Å². The van der Waals surface area contributed by atoms with Crippen molar-refractivity contribution in [2.45, 2.75) is 26.2 Å². The first kappa shape index (κ1) is 10.3. The van der Waals surface area contributed by atoms with Crippen LogP contribution in [0.5, 0.6) is 0 Å². The van der Waals surface area contributed by atoms with Crippen LogP contribution in [0, 0.1) is 0 Å². The van der Waals surface area contributed by atoms with Crippen molar-refractivity contribution in [1.82, 2.24) is 0 Å². The normalized spacial score (nSPS) is 12.5. The molecule has 0 aromatic carbocycles. The summed E-state index contributed by atoms with van der Waals surface area (Å²) in [6, 6.07) is 0. The second-order valence-electron chi connectivity index (χ2n) is 3.19. The molecule has 0 amide bonds. The van der Waals surface area contributed by atoms with Gasteiger partial charge >= 0.3 is 0 Å². The Labute approximate surface area is 84.6 Å². The van der Waals surface area contributed by atoms with Gasteiger partial charge < -0.3 is 0 Å². The molecule has 70 valence electrons. The molecule has 0 spiro atoms. The average molecular weight is 192 g/mol. The highest BCUT2D eigenvalue weighted by atomic mass is 32.1. The molecular weight excluding hydrogens is 176 g/mol. The summed E-state index contributed by atoms with van der Waals surface area (Å²) in [5.41, 5.74) is 2.69. The van der Waals surface area contributed by atoms with Crippen molar-refractivity contribution in [3.05, 3.63) is 34.5 Å². The molecular formula is C12H16S. The monoisotopic (exact) mass is 192 g/mol. The lowest BCUT2D eigenvalue weighted by Gasteiger charge is -2.07. The van der Waals surface area contributed by atoms with E-state index in [4.69, 9.17) is 0 Å². The van der Waals surface area contributed by atoms with Gasteiger partial charge in [0, 0.05) is 4.88 Å². The van der Waals surface area contributed by atoms with Gasteiger partial charge in [0.15, 0.2) is 0 Å². The summed E-state index contributed by atoms with van der Waals surface area (Å²) < 4.78 is 0. The highest BCUT2D eigenvalue weighted by Gasteiger charge is 2.11. The molecule has 1 atom stereocenters. The Morgan fingerprint density at radius 1 is 1.46 bits per heavy atom. The lowest BCUT2D eigenvalue weighted by atomic mass is 9.96. The molecule has 1 aromatic rings. The van der Waals surface area contributed by atoms with Crippen LogP contribution >= 0.6 is 11.3 Å². The van der Waals surface area contributed by atoms with Crippen LogP contribution in [0.25, 0.3) is 12.2 Å². The van der Waals surface area contributed by atoms with Gasteiger partial charge in [0.25, 0.3) is 0 Å². The van der Waals surface area contributed by atoms with E-state index in [1.807, 2.05) is 12.2 Å². The van der Waals surface area contributed by atoms with Gasteiger partial charge in [-0.05, 0) is 28.8 Å². The number of hydrogen-bond acceptors (Lipinski definition) is 1. The quantitative estimate of drug-likeness (QED) is 0.656. The van der Waals surface area contributed by atoms with Crippen LogP contribution in [0.4, 0.5) is 0 Å². The van der Waals surface area contributed by atoms with E-state index in [-0.39, 0.29) is 0 Å². The third-order valence-electron chi connectivity index (χ3n) is 2.42. The van der Waals surface area contributed by atoms with Crippen LogP contribution in [-0.4, -0.2) is 0 Å². The summed E-state index contributed by atoms with van der Waals surface area (Å²) in [6.45, 7) is 12.1. The van der Waals surface area contributed by atoms with Crippen LogP contribution in [0.2, 0.25) is 0 Å². The van der Waals surface area contributed by atoms with E-state index in [0.717, 1.165) is 0 Å². The molecule has 0 aliphatic heterocycles. The van der Waals surface area contributed by atoms with E-state index in [9.17, 15) is 0 Å². The number of rotatable bonds is 4. The largest absolute Gasteiger partial charge is 0.144 e. The molecule has 1 heterocycles. The topological polar surface area (TPSA) is 0 Å². The summed E-state index contributed by atoms with van der Waals surface area (Å²) in [4.78, 5) is 1.24. The SMILES string of the molecule is C=Cc1scc(C(C)CC)c1C=C. The van der Waals surface area contributed by atoms with E-state index < -0.39 is 0 Å². The second-order valence-corrected chi connectivity index (χ2v) is 4.10. The van der Waals surface area contributed by atoms with E-state index >= 15 is 0 Å². The Balaban J connectivity index is 3.14. The Bertz CT molecular complexity index is 307. The molecule has 0 nitrogen and oxygen atoms in total. The fourth-order valence-corrected chi connectivity index (χ4v) is 2.41. The van der Waals surface area contributed by atoms with Gasteiger partial charge in [-0.2, -0.15) is 0 Å². The first-order valence-electron chi connectivity index (χ1n) is 4.60. The Morgan fingerprint density at radius 3 is 2.62 bits per heavy atom. The Hall–Kier alpha value is -0.820. The highest BCUT2D eigenvalue weighted by molar-refractivity contribution is 7.11. The van der Waals surface area contributed by atoms with E-state index in [2.05, 4.69) is 32.4 Å². The molecule has 0 fully saturated rings. The molecule has 0 saturated carbocycles. The smallest absolute Gasteiger partial charge is 0.0339 e.